The summed E-state index contributed by atoms with van der Waals surface area (Å²) in [6.07, 6.45) is 2.95. The van der Waals surface area contributed by atoms with E-state index in [1.807, 2.05) is 22.9 Å². The molecule has 1 N–H and O–H groups in total. The van der Waals surface area contributed by atoms with Gasteiger partial charge in [-0.15, -0.1) is 0 Å². The van der Waals surface area contributed by atoms with Crippen molar-refractivity contribution in [3.05, 3.63) is 62.9 Å². The molecule has 0 radical (unpaired) electrons. The van der Waals surface area contributed by atoms with Gasteiger partial charge in [0.25, 0.3) is 11.1 Å². The standard InChI is InChI=1S/C23H25N5O3S/c29-21-3-1-16-2-4-22(30)28-18(13-27(21)23(16)28)12-26-6-5-15(11-26)8-24-9-17-7-20-19(10-25-17)31-14-32-20/h1-4,7,10,15,18,24H,5-6,8-9,11-14H2/t15-,18+/m0/s1. The first kappa shape index (κ1) is 20.0. The summed E-state index contributed by atoms with van der Waals surface area (Å²) >= 11 is 1.71. The largest absolute Gasteiger partial charge is 0.480 e. The SMILES string of the molecule is O=c1ccc2ccc(=O)n3c2n1C[C@H]3CN1CC[C@@H](CNCc2cc3c(cn2)OCS3)C1. The molecule has 0 bridgehead atoms. The molecular formula is C23H25N5O3S. The minimum Gasteiger partial charge on any atom is -0.480 e. The summed E-state index contributed by atoms with van der Waals surface area (Å²) in [5, 5.41) is 4.50. The number of pyridine rings is 3. The number of nitrogens with zero attached hydrogens (tertiary/aromatic N) is 4. The molecule has 3 aliphatic heterocycles. The monoisotopic (exact) mass is 451 g/mol. The number of nitrogens with one attached hydrogen (secondary N) is 1. The minimum absolute atomic E-state index is 0.00309. The van der Waals surface area contributed by atoms with Crippen LogP contribution in [0.1, 0.15) is 18.2 Å². The van der Waals surface area contributed by atoms with Crippen LogP contribution in [0.2, 0.25) is 0 Å². The fraction of sp³-hybridized carbons (Fsp3) is 0.435. The number of thioether (sulfide) groups is 1. The van der Waals surface area contributed by atoms with Crippen molar-refractivity contribution in [1.82, 2.24) is 24.3 Å². The van der Waals surface area contributed by atoms with Gasteiger partial charge in [0.05, 0.1) is 22.8 Å². The van der Waals surface area contributed by atoms with Crippen LogP contribution in [0.4, 0.5) is 0 Å². The zero-order valence-corrected chi connectivity index (χ0v) is 18.5. The quantitative estimate of drug-likeness (QED) is 0.611. The summed E-state index contributed by atoms with van der Waals surface area (Å²) < 4.78 is 9.07. The molecule has 0 aromatic carbocycles. The average molecular weight is 452 g/mol. The zero-order chi connectivity index (χ0) is 21.7. The summed E-state index contributed by atoms with van der Waals surface area (Å²) in [4.78, 5) is 33.0. The Morgan fingerprint density at radius 3 is 2.94 bits per heavy atom. The normalized spacial score (nSPS) is 21.9. The average Bonchev–Trinajstić information content (AvgIpc) is 3.52. The Bertz CT molecular complexity index is 1300. The van der Waals surface area contributed by atoms with Gasteiger partial charge < -0.3 is 15.0 Å². The predicted octanol–water partition coefficient (Wildman–Crippen LogP) is 1.67. The molecule has 0 spiro atoms. The van der Waals surface area contributed by atoms with Crippen LogP contribution in [-0.4, -0.2) is 51.1 Å². The molecule has 32 heavy (non-hydrogen) atoms. The van der Waals surface area contributed by atoms with E-state index >= 15 is 0 Å². The van der Waals surface area contributed by atoms with Crippen LogP contribution in [0.25, 0.3) is 11.0 Å². The van der Waals surface area contributed by atoms with Gasteiger partial charge in [-0.2, -0.15) is 0 Å². The van der Waals surface area contributed by atoms with Gasteiger partial charge in [-0.3, -0.25) is 23.7 Å². The van der Waals surface area contributed by atoms with Gasteiger partial charge in [-0.05, 0) is 43.6 Å². The molecule has 3 aromatic rings. The maximum Gasteiger partial charge on any atom is 0.252 e. The van der Waals surface area contributed by atoms with Crippen molar-refractivity contribution in [1.29, 1.82) is 0 Å². The number of likely N-dealkylation sites (tertiary alicyclic amines) is 1. The van der Waals surface area contributed by atoms with Crippen molar-refractivity contribution in [2.45, 2.75) is 30.4 Å². The fourth-order valence-corrected chi connectivity index (χ4v) is 5.96. The Balaban J connectivity index is 1.07. The van der Waals surface area contributed by atoms with E-state index in [0.717, 1.165) is 61.6 Å². The molecule has 166 valence electrons. The van der Waals surface area contributed by atoms with Gasteiger partial charge in [0.2, 0.25) is 0 Å². The number of hydrogen-bond donors (Lipinski definition) is 1. The Labute approximate surface area is 189 Å². The summed E-state index contributed by atoms with van der Waals surface area (Å²) in [6, 6.07) is 8.95. The second kappa shape index (κ2) is 8.06. The maximum absolute atomic E-state index is 12.6. The van der Waals surface area contributed by atoms with E-state index in [-0.39, 0.29) is 17.2 Å². The lowest BCUT2D eigenvalue weighted by Gasteiger charge is -2.22. The van der Waals surface area contributed by atoms with E-state index in [1.54, 1.807) is 28.5 Å². The smallest absolute Gasteiger partial charge is 0.252 e. The molecule has 1 saturated heterocycles. The van der Waals surface area contributed by atoms with Crippen LogP contribution in [-0.2, 0) is 13.1 Å². The predicted molar refractivity (Wildman–Crippen MR) is 123 cm³/mol. The third-order valence-corrected chi connectivity index (χ3v) is 7.58. The molecule has 1 fully saturated rings. The van der Waals surface area contributed by atoms with Crippen molar-refractivity contribution in [2.24, 2.45) is 5.92 Å². The lowest BCUT2D eigenvalue weighted by atomic mass is 10.1. The first-order valence-corrected chi connectivity index (χ1v) is 12.1. The number of fused-ring (bicyclic) bond motifs is 1. The second-order valence-electron chi connectivity index (χ2n) is 8.83. The molecule has 0 saturated carbocycles. The fourth-order valence-electron chi connectivity index (χ4n) is 5.18. The number of hydrogen-bond acceptors (Lipinski definition) is 7. The Morgan fingerprint density at radius 2 is 2.03 bits per heavy atom. The topological polar surface area (TPSA) is 81.4 Å². The van der Waals surface area contributed by atoms with E-state index in [9.17, 15) is 9.59 Å². The molecule has 3 aromatic heterocycles. The molecule has 3 aliphatic rings. The number of ether oxygens (including phenoxy) is 1. The number of aromatic nitrogens is 3. The highest BCUT2D eigenvalue weighted by Crippen LogP contribution is 2.35. The Kier molecular flexibility index (Phi) is 5.04. The van der Waals surface area contributed by atoms with Crippen molar-refractivity contribution < 1.29 is 4.74 Å². The maximum atomic E-state index is 12.6. The van der Waals surface area contributed by atoms with Crippen molar-refractivity contribution >= 4 is 22.8 Å². The van der Waals surface area contributed by atoms with Gasteiger partial charge >= 0.3 is 0 Å². The zero-order valence-electron chi connectivity index (χ0n) is 17.7. The molecular weight excluding hydrogens is 426 g/mol. The van der Waals surface area contributed by atoms with Gasteiger partial charge in [0.1, 0.15) is 11.6 Å². The lowest BCUT2D eigenvalue weighted by molar-refractivity contribution is 0.264. The third-order valence-electron chi connectivity index (χ3n) is 6.71. The highest BCUT2D eigenvalue weighted by molar-refractivity contribution is 7.99. The number of rotatable bonds is 6. The van der Waals surface area contributed by atoms with Crippen LogP contribution >= 0.6 is 11.8 Å². The molecule has 0 aliphatic carbocycles. The van der Waals surface area contributed by atoms with Crippen LogP contribution in [0.15, 0.2) is 51.0 Å². The van der Waals surface area contributed by atoms with Gasteiger partial charge in [0.15, 0.2) is 5.75 Å². The Morgan fingerprint density at radius 1 is 1.16 bits per heavy atom. The molecule has 6 rings (SSSR count). The lowest BCUT2D eigenvalue weighted by Crippen LogP contribution is -2.34. The van der Waals surface area contributed by atoms with Crippen LogP contribution < -0.4 is 21.2 Å². The molecule has 0 unspecified atom stereocenters. The highest BCUT2D eigenvalue weighted by Gasteiger charge is 2.30. The van der Waals surface area contributed by atoms with E-state index in [0.29, 0.717) is 18.4 Å². The third kappa shape index (κ3) is 3.54. The highest BCUT2D eigenvalue weighted by atomic mass is 32.2. The summed E-state index contributed by atoms with van der Waals surface area (Å²) in [6.45, 7) is 5.08. The first-order valence-electron chi connectivity index (χ1n) is 11.1. The van der Waals surface area contributed by atoms with Gasteiger partial charge in [-0.1, -0.05) is 11.8 Å². The van der Waals surface area contributed by atoms with E-state index in [1.165, 1.54) is 4.90 Å². The molecule has 8 nitrogen and oxygen atoms in total. The van der Waals surface area contributed by atoms with Crippen LogP contribution in [0, 0.1) is 5.92 Å². The van der Waals surface area contributed by atoms with E-state index in [4.69, 9.17) is 4.74 Å². The summed E-state index contributed by atoms with van der Waals surface area (Å²) in [5.74, 6) is 2.13. The molecule has 9 heteroatoms. The van der Waals surface area contributed by atoms with Crippen LogP contribution in [0.5, 0.6) is 5.75 Å². The van der Waals surface area contributed by atoms with Crippen LogP contribution in [0.3, 0.4) is 0 Å². The second-order valence-corrected chi connectivity index (χ2v) is 9.79. The molecule has 6 heterocycles. The first-order chi connectivity index (χ1) is 15.7. The van der Waals surface area contributed by atoms with Gasteiger partial charge in [-0.25, -0.2) is 0 Å². The minimum atomic E-state index is -0.0343. The van der Waals surface area contributed by atoms with E-state index in [2.05, 4.69) is 21.3 Å². The van der Waals surface area contributed by atoms with Crippen molar-refractivity contribution in [2.75, 3.05) is 32.1 Å². The summed E-state index contributed by atoms with van der Waals surface area (Å²) in [7, 11) is 0. The van der Waals surface area contributed by atoms with Crippen molar-refractivity contribution in [3.63, 3.8) is 0 Å². The Hall–Kier alpha value is -2.62. The van der Waals surface area contributed by atoms with Gasteiger partial charge in [0, 0.05) is 43.7 Å². The molecule has 2 atom stereocenters. The molecule has 0 amide bonds. The van der Waals surface area contributed by atoms with Crippen molar-refractivity contribution in [3.8, 4) is 5.75 Å². The summed E-state index contributed by atoms with van der Waals surface area (Å²) in [5.41, 5.74) is 1.74. The van der Waals surface area contributed by atoms with E-state index < -0.39 is 0 Å².